The van der Waals surface area contributed by atoms with Gasteiger partial charge >= 0.3 is 0 Å². The van der Waals surface area contributed by atoms with Crippen molar-refractivity contribution in [1.82, 2.24) is 5.32 Å². The Kier molecular flexibility index (Phi) is 7.79. The van der Waals surface area contributed by atoms with Gasteiger partial charge in [0.2, 0.25) is 0 Å². The molecule has 3 aromatic rings. The average molecular weight is 486 g/mol. The maximum Gasteiger partial charge on any atom is 0.272 e. The smallest absolute Gasteiger partial charge is 0.272 e. The van der Waals surface area contributed by atoms with Gasteiger partial charge in [0.25, 0.3) is 17.5 Å². The number of hydrogen-bond donors (Lipinski definition) is 2. The molecule has 184 valence electrons. The monoisotopic (exact) mass is 485 g/mol. The molecule has 0 saturated carbocycles. The van der Waals surface area contributed by atoms with E-state index >= 15 is 0 Å². The quantitative estimate of drug-likeness (QED) is 0.198. The lowest BCUT2D eigenvalue weighted by Gasteiger charge is -2.19. The van der Waals surface area contributed by atoms with Crippen LogP contribution in [0.3, 0.4) is 0 Å². The number of carbonyl (C=O) groups excluding carboxylic acids is 3. The molecule has 0 fully saturated rings. The largest absolute Gasteiger partial charge is 0.321 e. The predicted molar refractivity (Wildman–Crippen MR) is 139 cm³/mol. The number of anilines is 1. The molecule has 0 radical (unpaired) electrons. The van der Waals surface area contributed by atoms with Crippen molar-refractivity contribution in [2.45, 2.75) is 33.1 Å². The van der Waals surface area contributed by atoms with Gasteiger partial charge in [0, 0.05) is 28.9 Å². The highest BCUT2D eigenvalue weighted by molar-refractivity contribution is 6.11. The standard InChI is InChI=1S/C28H27N3O5/c1-18(32)21-6-5-7-23(17-21)29-27(34)25(16-19-8-14-24(15-9-19)31(35)36)30-26(33)20-10-12-22(13-11-20)28(2,3)4/h5-17H,1-4H3,(H,29,34)(H,30,33). The number of nitrogens with zero attached hydrogens (tertiary/aromatic N) is 1. The fraction of sp³-hybridized carbons (Fsp3) is 0.179. The Morgan fingerprint density at radius 1 is 0.889 bits per heavy atom. The number of carbonyl (C=O) groups is 3. The van der Waals surface area contributed by atoms with Gasteiger partial charge in [-0.25, -0.2) is 0 Å². The van der Waals surface area contributed by atoms with E-state index in [4.69, 9.17) is 0 Å². The molecule has 8 heteroatoms. The molecule has 8 nitrogen and oxygen atoms in total. The predicted octanol–water partition coefficient (Wildman–Crippen LogP) is 5.50. The Balaban J connectivity index is 1.91. The summed E-state index contributed by atoms with van der Waals surface area (Å²) in [6.07, 6.45) is 1.43. The lowest BCUT2D eigenvalue weighted by Crippen LogP contribution is -2.30. The Morgan fingerprint density at radius 3 is 2.08 bits per heavy atom. The van der Waals surface area contributed by atoms with Crippen LogP contribution in [0.25, 0.3) is 6.08 Å². The molecule has 2 N–H and O–H groups in total. The zero-order chi connectivity index (χ0) is 26.5. The minimum Gasteiger partial charge on any atom is -0.321 e. The van der Waals surface area contributed by atoms with Crippen LogP contribution in [-0.2, 0) is 10.2 Å². The summed E-state index contributed by atoms with van der Waals surface area (Å²) in [5, 5.41) is 16.3. The van der Waals surface area contributed by atoms with E-state index in [0.717, 1.165) is 5.56 Å². The number of nitro benzene ring substituents is 1. The first-order valence-corrected chi connectivity index (χ1v) is 11.2. The zero-order valence-electron chi connectivity index (χ0n) is 20.5. The van der Waals surface area contributed by atoms with Gasteiger partial charge in [-0.05, 0) is 65.9 Å². The second kappa shape index (κ2) is 10.8. The molecule has 0 saturated heterocycles. The van der Waals surface area contributed by atoms with E-state index in [0.29, 0.717) is 22.4 Å². The van der Waals surface area contributed by atoms with Crippen molar-refractivity contribution in [3.05, 3.63) is 111 Å². The summed E-state index contributed by atoms with van der Waals surface area (Å²) in [4.78, 5) is 48.2. The number of benzene rings is 3. The van der Waals surface area contributed by atoms with Crippen LogP contribution in [-0.4, -0.2) is 22.5 Å². The minimum absolute atomic E-state index is 0.0676. The molecule has 0 aliphatic heterocycles. The number of hydrogen-bond acceptors (Lipinski definition) is 5. The van der Waals surface area contributed by atoms with Crippen molar-refractivity contribution in [3.63, 3.8) is 0 Å². The van der Waals surface area contributed by atoms with Crippen LogP contribution in [0.4, 0.5) is 11.4 Å². The van der Waals surface area contributed by atoms with Gasteiger partial charge < -0.3 is 10.6 Å². The van der Waals surface area contributed by atoms with Crippen LogP contribution in [0.1, 0.15) is 59.5 Å². The van der Waals surface area contributed by atoms with Crippen LogP contribution < -0.4 is 10.6 Å². The third kappa shape index (κ3) is 6.73. The molecule has 0 atom stereocenters. The Labute approximate surface area is 209 Å². The summed E-state index contributed by atoms with van der Waals surface area (Å²) in [5.41, 5.74) is 2.47. The summed E-state index contributed by atoms with van der Waals surface area (Å²) < 4.78 is 0. The van der Waals surface area contributed by atoms with Crippen LogP contribution in [0, 0.1) is 10.1 Å². The molecule has 0 bridgehead atoms. The molecule has 3 aromatic carbocycles. The normalized spacial score (nSPS) is 11.5. The first-order valence-electron chi connectivity index (χ1n) is 11.2. The highest BCUT2D eigenvalue weighted by atomic mass is 16.6. The van der Waals surface area contributed by atoms with E-state index in [9.17, 15) is 24.5 Å². The summed E-state index contributed by atoms with van der Waals surface area (Å²) in [5.74, 6) is -1.26. The second-order valence-electron chi connectivity index (χ2n) is 9.28. The first kappa shape index (κ1) is 26.0. The molecule has 3 rings (SSSR count). The van der Waals surface area contributed by atoms with Gasteiger partial charge in [0.05, 0.1) is 4.92 Å². The Hall–Kier alpha value is -4.59. The lowest BCUT2D eigenvalue weighted by atomic mass is 9.87. The van der Waals surface area contributed by atoms with Crippen molar-refractivity contribution in [1.29, 1.82) is 0 Å². The number of Topliss-reactive ketones (excluding diaryl/α,β-unsaturated/α-hetero) is 1. The SMILES string of the molecule is CC(=O)c1cccc(NC(=O)C(=Cc2ccc([N+](=O)[O-])cc2)NC(=O)c2ccc(C(C)(C)C)cc2)c1. The zero-order valence-corrected chi connectivity index (χ0v) is 20.5. The van der Waals surface area contributed by atoms with E-state index in [-0.39, 0.29) is 22.6 Å². The van der Waals surface area contributed by atoms with Crippen molar-refractivity contribution < 1.29 is 19.3 Å². The molecule has 0 spiro atoms. The summed E-state index contributed by atoms with van der Waals surface area (Å²) in [6, 6.07) is 19.1. The van der Waals surface area contributed by atoms with Crippen molar-refractivity contribution >= 4 is 35.0 Å². The molecule has 0 heterocycles. The molecule has 0 aliphatic rings. The van der Waals surface area contributed by atoms with Gasteiger partial charge in [0.1, 0.15) is 5.70 Å². The highest BCUT2D eigenvalue weighted by Crippen LogP contribution is 2.22. The summed E-state index contributed by atoms with van der Waals surface area (Å²) in [7, 11) is 0. The maximum atomic E-state index is 13.1. The number of rotatable bonds is 7. The summed E-state index contributed by atoms with van der Waals surface area (Å²) >= 11 is 0. The third-order valence-corrected chi connectivity index (χ3v) is 5.45. The molecule has 36 heavy (non-hydrogen) atoms. The topological polar surface area (TPSA) is 118 Å². The van der Waals surface area contributed by atoms with Gasteiger partial charge in [0.15, 0.2) is 5.78 Å². The highest BCUT2D eigenvalue weighted by Gasteiger charge is 2.18. The van der Waals surface area contributed by atoms with Crippen LogP contribution in [0.5, 0.6) is 0 Å². The third-order valence-electron chi connectivity index (χ3n) is 5.45. The molecule has 0 unspecified atom stereocenters. The van der Waals surface area contributed by atoms with Crippen molar-refractivity contribution in [3.8, 4) is 0 Å². The van der Waals surface area contributed by atoms with E-state index in [1.807, 2.05) is 12.1 Å². The van der Waals surface area contributed by atoms with Crippen molar-refractivity contribution in [2.75, 3.05) is 5.32 Å². The molecule has 0 aliphatic carbocycles. The first-order chi connectivity index (χ1) is 16.9. The van der Waals surface area contributed by atoms with Crippen molar-refractivity contribution in [2.24, 2.45) is 0 Å². The van der Waals surface area contributed by atoms with Gasteiger partial charge in [-0.3, -0.25) is 24.5 Å². The van der Waals surface area contributed by atoms with Gasteiger partial charge in [-0.2, -0.15) is 0 Å². The average Bonchev–Trinajstić information content (AvgIpc) is 2.83. The number of amides is 2. The summed E-state index contributed by atoms with van der Waals surface area (Å²) in [6.45, 7) is 7.63. The Bertz CT molecular complexity index is 1330. The van der Waals surface area contributed by atoms with E-state index in [2.05, 4.69) is 31.4 Å². The fourth-order valence-electron chi connectivity index (χ4n) is 3.35. The molecular formula is C28H27N3O5. The van der Waals surface area contributed by atoms with Gasteiger partial charge in [-0.15, -0.1) is 0 Å². The molecule has 0 aromatic heterocycles. The van der Waals surface area contributed by atoms with Crippen LogP contribution in [0.2, 0.25) is 0 Å². The van der Waals surface area contributed by atoms with Crippen LogP contribution in [0.15, 0.2) is 78.5 Å². The molecule has 2 amide bonds. The van der Waals surface area contributed by atoms with Crippen LogP contribution >= 0.6 is 0 Å². The van der Waals surface area contributed by atoms with E-state index < -0.39 is 16.7 Å². The number of non-ortho nitro benzene ring substituents is 1. The number of ketones is 1. The van der Waals surface area contributed by atoms with Gasteiger partial charge in [-0.1, -0.05) is 45.0 Å². The Morgan fingerprint density at radius 2 is 1.53 bits per heavy atom. The number of nitro groups is 1. The maximum absolute atomic E-state index is 13.1. The van der Waals surface area contributed by atoms with E-state index in [1.54, 1.807) is 30.3 Å². The molecular weight excluding hydrogens is 458 g/mol. The van der Waals surface area contributed by atoms with E-state index in [1.165, 1.54) is 43.3 Å². The minimum atomic E-state index is -0.617. The fourth-order valence-corrected chi connectivity index (χ4v) is 3.35. The second-order valence-corrected chi connectivity index (χ2v) is 9.28. The lowest BCUT2D eigenvalue weighted by molar-refractivity contribution is -0.384. The number of nitrogens with one attached hydrogen (secondary N) is 2.